The van der Waals surface area contributed by atoms with Gasteiger partial charge in [-0.3, -0.25) is 0 Å². The number of carboxylic acid groups (broad SMARTS) is 2. The van der Waals surface area contributed by atoms with Gasteiger partial charge in [0, 0.05) is 5.97 Å². The summed E-state index contributed by atoms with van der Waals surface area (Å²) in [5, 5.41) is 18.7. The van der Waals surface area contributed by atoms with Crippen LogP contribution in [0.15, 0.2) is 0 Å². The first-order valence-electron chi connectivity index (χ1n) is 3.09. The van der Waals surface area contributed by atoms with Gasteiger partial charge in [0.2, 0.25) is 0 Å². The van der Waals surface area contributed by atoms with Crippen LogP contribution in [0.2, 0.25) is 0 Å². The largest absolute Gasteiger partial charge is 1.00 e. The molecule has 1 atom stereocenters. The molecule has 0 aromatic heterocycles. The zero-order chi connectivity index (χ0) is 8.85. The maximum atomic E-state index is 9.97. The standard InChI is InChI=1S/C6H9ClO4.2K/c7-4(6(10)11)2-1-3-5(8)9;;/h4H,1-3H2,(H,8,9)(H,10,11);;/q;2*+1/p-2. The molecule has 0 aliphatic rings. The molecule has 0 spiro atoms. The van der Waals surface area contributed by atoms with E-state index < -0.39 is 17.3 Å². The van der Waals surface area contributed by atoms with Crippen molar-refractivity contribution in [2.24, 2.45) is 0 Å². The van der Waals surface area contributed by atoms with Crippen molar-refractivity contribution in [2.45, 2.75) is 24.6 Å². The molecular weight excluding hydrogens is 250 g/mol. The summed E-state index contributed by atoms with van der Waals surface area (Å²) in [5.74, 6) is -2.57. The summed E-state index contributed by atoms with van der Waals surface area (Å²) in [6, 6.07) is 0. The number of carbonyl (C=O) groups is 2. The van der Waals surface area contributed by atoms with Gasteiger partial charge in [-0.1, -0.05) is 0 Å². The van der Waals surface area contributed by atoms with E-state index in [-0.39, 0.29) is 122 Å². The Bertz CT molecular complexity index is 165. The average Bonchev–Trinajstić information content (AvgIpc) is 1.86. The van der Waals surface area contributed by atoms with E-state index in [1.807, 2.05) is 0 Å². The molecule has 0 fully saturated rings. The Morgan fingerprint density at radius 2 is 1.69 bits per heavy atom. The van der Waals surface area contributed by atoms with E-state index in [9.17, 15) is 19.8 Å². The van der Waals surface area contributed by atoms with Gasteiger partial charge in [-0.2, -0.15) is 0 Å². The first kappa shape index (κ1) is 20.9. The third kappa shape index (κ3) is 14.5. The molecule has 0 aromatic carbocycles. The number of rotatable bonds is 5. The second kappa shape index (κ2) is 12.6. The van der Waals surface area contributed by atoms with E-state index in [1.165, 1.54) is 0 Å². The van der Waals surface area contributed by atoms with E-state index in [2.05, 4.69) is 0 Å². The minimum absolute atomic E-state index is 0. The van der Waals surface area contributed by atoms with Crippen molar-refractivity contribution in [1.29, 1.82) is 0 Å². The predicted molar refractivity (Wildman–Crippen MR) is 33.5 cm³/mol. The Labute approximate surface area is 167 Å². The SMILES string of the molecule is O=C([O-])CCCC(Cl)C(=O)[O-].[K+].[K+]. The topological polar surface area (TPSA) is 80.3 Å². The number of hydrogen-bond acceptors (Lipinski definition) is 4. The summed E-state index contributed by atoms with van der Waals surface area (Å²) in [7, 11) is 0. The average molecular weight is 257 g/mol. The van der Waals surface area contributed by atoms with Gasteiger partial charge in [0.05, 0.1) is 11.3 Å². The molecule has 0 rings (SSSR count). The Morgan fingerprint density at radius 1 is 1.23 bits per heavy atom. The molecule has 7 heteroatoms. The van der Waals surface area contributed by atoms with Crippen molar-refractivity contribution in [3.8, 4) is 0 Å². The third-order valence-corrected chi connectivity index (χ3v) is 1.49. The molecule has 0 aliphatic carbocycles. The smallest absolute Gasteiger partial charge is 0.550 e. The molecule has 64 valence electrons. The number of aliphatic carboxylic acids is 2. The predicted octanol–water partition coefficient (Wildman–Crippen LogP) is -7.73. The fourth-order valence-corrected chi connectivity index (χ4v) is 0.698. The van der Waals surface area contributed by atoms with Crippen molar-refractivity contribution >= 4 is 23.5 Å². The fourth-order valence-electron chi connectivity index (χ4n) is 0.543. The van der Waals surface area contributed by atoms with E-state index in [4.69, 9.17) is 11.6 Å². The van der Waals surface area contributed by atoms with E-state index in [0.29, 0.717) is 0 Å². The maximum absolute atomic E-state index is 9.97. The number of alkyl halides is 1. The molecule has 0 bridgehead atoms. The van der Waals surface area contributed by atoms with Gasteiger partial charge >= 0.3 is 103 Å². The number of carboxylic acids is 2. The first-order valence-corrected chi connectivity index (χ1v) is 3.52. The van der Waals surface area contributed by atoms with Gasteiger partial charge in [0.15, 0.2) is 0 Å². The third-order valence-electron chi connectivity index (χ3n) is 1.09. The monoisotopic (exact) mass is 256 g/mol. The normalized spacial score (nSPS) is 10.5. The second-order valence-corrected chi connectivity index (χ2v) is 2.58. The number of hydrogen-bond donors (Lipinski definition) is 0. The number of halogens is 1. The molecule has 13 heavy (non-hydrogen) atoms. The molecule has 1 unspecified atom stereocenters. The minimum atomic E-state index is -1.37. The zero-order valence-corrected chi connectivity index (χ0v) is 14.7. The van der Waals surface area contributed by atoms with Crippen LogP contribution in [0.5, 0.6) is 0 Å². The van der Waals surface area contributed by atoms with Crippen molar-refractivity contribution in [3.63, 3.8) is 0 Å². The molecular formula is C6H7ClK2O4. The van der Waals surface area contributed by atoms with Crippen molar-refractivity contribution < 1.29 is 123 Å². The Hall–Kier alpha value is 2.50. The maximum Gasteiger partial charge on any atom is 1.00 e. The van der Waals surface area contributed by atoms with Crippen LogP contribution in [0.25, 0.3) is 0 Å². The van der Waals surface area contributed by atoms with E-state index in [1.54, 1.807) is 0 Å². The molecule has 0 heterocycles. The van der Waals surface area contributed by atoms with Gasteiger partial charge in [0.25, 0.3) is 0 Å². The summed E-state index contributed by atoms with van der Waals surface area (Å²) in [4.78, 5) is 19.8. The zero-order valence-electron chi connectivity index (χ0n) is 7.71. The molecule has 0 N–H and O–H groups in total. The first-order chi connectivity index (χ1) is 5.04. The van der Waals surface area contributed by atoms with Crippen LogP contribution in [-0.4, -0.2) is 17.3 Å². The Balaban J connectivity index is -0.000000500. The van der Waals surface area contributed by atoms with Crippen molar-refractivity contribution in [2.75, 3.05) is 0 Å². The van der Waals surface area contributed by atoms with Gasteiger partial charge in [-0.15, -0.1) is 11.6 Å². The van der Waals surface area contributed by atoms with Crippen LogP contribution in [-0.2, 0) is 9.59 Å². The summed E-state index contributed by atoms with van der Waals surface area (Å²) in [5.41, 5.74) is 0. The molecule has 0 aromatic rings. The van der Waals surface area contributed by atoms with E-state index >= 15 is 0 Å². The van der Waals surface area contributed by atoms with Crippen LogP contribution in [0.1, 0.15) is 19.3 Å². The molecule has 0 saturated carbocycles. The van der Waals surface area contributed by atoms with Gasteiger partial charge in [-0.05, 0) is 19.3 Å². The summed E-state index contributed by atoms with van der Waals surface area (Å²) in [6.07, 6.45) is 0.124. The van der Waals surface area contributed by atoms with E-state index in [0.717, 1.165) is 0 Å². The van der Waals surface area contributed by atoms with Crippen LogP contribution >= 0.6 is 11.6 Å². The summed E-state index contributed by atoms with van der Waals surface area (Å²) in [6.45, 7) is 0. The van der Waals surface area contributed by atoms with Crippen LogP contribution in [0.3, 0.4) is 0 Å². The van der Waals surface area contributed by atoms with Gasteiger partial charge in [0.1, 0.15) is 0 Å². The van der Waals surface area contributed by atoms with Crippen LogP contribution in [0, 0.1) is 0 Å². The second-order valence-electron chi connectivity index (χ2n) is 2.05. The summed E-state index contributed by atoms with van der Waals surface area (Å²) >= 11 is 5.22. The summed E-state index contributed by atoms with van der Waals surface area (Å²) < 4.78 is 0. The number of carbonyl (C=O) groups excluding carboxylic acids is 2. The quantitative estimate of drug-likeness (QED) is 0.362. The Morgan fingerprint density at radius 3 is 2.00 bits per heavy atom. The van der Waals surface area contributed by atoms with Crippen molar-refractivity contribution in [3.05, 3.63) is 0 Å². The van der Waals surface area contributed by atoms with Crippen molar-refractivity contribution in [1.82, 2.24) is 0 Å². The Kier molecular flexibility index (Phi) is 20.2. The molecule has 0 amide bonds. The minimum Gasteiger partial charge on any atom is -0.550 e. The van der Waals surface area contributed by atoms with Gasteiger partial charge in [-0.25, -0.2) is 0 Å². The van der Waals surface area contributed by atoms with Crippen LogP contribution < -0.4 is 113 Å². The molecule has 0 saturated heterocycles. The molecule has 0 radical (unpaired) electrons. The molecule has 0 aliphatic heterocycles. The van der Waals surface area contributed by atoms with Crippen LogP contribution in [0.4, 0.5) is 0 Å². The molecule has 4 nitrogen and oxygen atoms in total. The van der Waals surface area contributed by atoms with Gasteiger partial charge < -0.3 is 19.8 Å². The fraction of sp³-hybridized carbons (Fsp3) is 0.667.